The van der Waals surface area contributed by atoms with Crippen LogP contribution in [0.25, 0.3) is 40.0 Å². The highest BCUT2D eigenvalue weighted by Gasteiger charge is 2.12. The van der Waals surface area contributed by atoms with Gasteiger partial charge < -0.3 is 14.2 Å². The Morgan fingerprint density at radius 2 is 1.74 bits per heavy atom. The predicted molar refractivity (Wildman–Crippen MR) is 140 cm³/mol. The summed E-state index contributed by atoms with van der Waals surface area (Å²) in [6.45, 7) is 6.25. The fraction of sp³-hybridized carbons (Fsp3) is 0.133. The van der Waals surface area contributed by atoms with Gasteiger partial charge in [0.25, 0.3) is 0 Å². The third-order valence-corrected chi connectivity index (χ3v) is 5.90. The van der Waals surface area contributed by atoms with E-state index in [1.54, 1.807) is 6.08 Å². The van der Waals surface area contributed by atoms with Crippen molar-refractivity contribution in [2.24, 2.45) is 0 Å². The molecule has 2 heterocycles. The van der Waals surface area contributed by atoms with Gasteiger partial charge in [0.15, 0.2) is 5.58 Å². The Kier molecular flexibility index (Phi) is 6.06. The number of furan rings is 1. The van der Waals surface area contributed by atoms with Crippen molar-refractivity contribution in [2.45, 2.75) is 26.7 Å². The lowest BCUT2D eigenvalue weighted by Crippen LogP contribution is -2.09. The fourth-order valence-electron chi connectivity index (χ4n) is 3.85. The van der Waals surface area contributed by atoms with Gasteiger partial charge in [-0.15, -0.1) is 0 Å². The smallest absolute Gasteiger partial charge is 0.248 e. The Morgan fingerprint density at radius 1 is 0.914 bits per heavy atom. The first kappa shape index (κ1) is 22.4. The first-order valence-electron chi connectivity index (χ1n) is 11.6. The standard InChI is InChI=1S/C30H26N2O3/c1-19(2)22-11-14-28-26(17-22)32-30(35-28)23-10-9-20(3)25(18-23)31-29(33)16-13-24-12-15-27(34-24)21-7-5-4-6-8-21/h4-19H,1-3H3,(H,31,33). The quantitative estimate of drug-likeness (QED) is 0.261. The number of aryl methyl sites for hydroxylation is 1. The normalized spacial score (nSPS) is 11.5. The second-order valence-electron chi connectivity index (χ2n) is 8.82. The summed E-state index contributed by atoms with van der Waals surface area (Å²) in [5, 5.41) is 2.95. The van der Waals surface area contributed by atoms with Crippen molar-refractivity contribution in [3.8, 4) is 22.8 Å². The van der Waals surface area contributed by atoms with E-state index in [0.717, 1.165) is 33.6 Å². The maximum atomic E-state index is 12.6. The number of amides is 1. The third-order valence-electron chi connectivity index (χ3n) is 5.90. The van der Waals surface area contributed by atoms with Gasteiger partial charge in [-0.3, -0.25) is 4.79 Å². The summed E-state index contributed by atoms with van der Waals surface area (Å²) < 4.78 is 11.8. The highest BCUT2D eigenvalue weighted by atomic mass is 16.3. The molecule has 0 atom stereocenters. The van der Waals surface area contributed by atoms with E-state index in [4.69, 9.17) is 8.83 Å². The second-order valence-corrected chi connectivity index (χ2v) is 8.82. The van der Waals surface area contributed by atoms with Gasteiger partial charge in [0.1, 0.15) is 17.0 Å². The lowest BCUT2D eigenvalue weighted by molar-refractivity contribution is -0.111. The van der Waals surface area contributed by atoms with Crippen LogP contribution in [0.1, 0.15) is 36.7 Å². The molecule has 5 heteroatoms. The number of hydrogen-bond donors (Lipinski definition) is 1. The molecule has 0 saturated carbocycles. The van der Waals surface area contributed by atoms with Crippen molar-refractivity contribution < 1.29 is 13.6 Å². The van der Waals surface area contributed by atoms with Crippen molar-refractivity contribution in [3.63, 3.8) is 0 Å². The first-order chi connectivity index (χ1) is 17.0. The Hall–Kier alpha value is -4.38. The van der Waals surface area contributed by atoms with Gasteiger partial charge in [-0.05, 0) is 66.4 Å². The Labute approximate surface area is 204 Å². The molecule has 0 aliphatic rings. The van der Waals surface area contributed by atoms with Crippen LogP contribution in [0.4, 0.5) is 5.69 Å². The molecule has 0 aliphatic heterocycles. The molecule has 3 aromatic carbocycles. The van der Waals surface area contributed by atoms with Crippen LogP contribution in [0.3, 0.4) is 0 Å². The van der Waals surface area contributed by atoms with Gasteiger partial charge in [0.2, 0.25) is 11.8 Å². The number of hydrogen-bond acceptors (Lipinski definition) is 4. The summed E-state index contributed by atoms with van der Waals surface area (Å²) in [4.78, 5) is 17.3. The number of aromatic nitrogens is 1. The summed E-state index contributed by atoms with van der Waals surface area (Å²) >= 11 is 0. The van der Waals surface area contributed by atoms with Crippen LogP contribution in [0.15, 0.2) is 93.8 Å². The zero-order valence-corrected chi connectivity index (χ0v) is 19.9. The van der Waals surface area contributed by atoms with Crippen molar-refractivity contribution in [1.82, 2.24) is 4.98 Å². The maximum absolute atomic E-state index is 12.6. The monoisotopic (exact) mass is 462 g/mol. The topological polar surface area (TPSA) is 68.3 Å². The molecule has 0 bridgehead atoms. The second kappa shape index (κ2) is 9.47. The molecule has 0 fully saturated rings. The highest BCUT2D eigenvalue weighted by Crippen LogP contribution is 2.30. The van der Waals surface area contributed by atoms with E-state index in [0.29, 0.717) is 23.3 Å². The molecule has 0 aliphatic carbocycles. The largest absolute Gasteiger partial charge is 0.457 e. The summed E-state index contributed by atoms with van der Waals surface area (Å²) in [6, 6.07) is 25.4. The lowest BCUT2D eigenvalue weighted by Gasteiger charge is -2.07. The van der Waals surface area contributed by atoms with E-state index in [9.17, 15) is 4.79 Å². The van der Waals surface area contributed by atoms with Gasteiger partial charge in [0, 0.05) is 22.9 Å². The average molecular weight is 463 g/mol. The SMILES string of the molecule is Cc1ccc(-c2nc3cc(C(C)C)ccc3o2)cc1NC(=O)C=Cc1ccc(-c2ccccc2)o1. The van der Waals surface area contributed by atoms with Crippen LogP contribution >= 0.6 is 0 Å². The molecule has 0 radical (unpaired) electrons. The molecule has 174 valence electrons. The van der Waals surface area contributed by atoms with Crippen molar-refractivity contribution >= 4 is 28.8 Å². The van der Waals surface area contributed by atoms with Gasteiger partial charge in [-0.2, -0.15) is 0 Å². The van der Waals surface area contributed by atoms with Crippen molar-refractivity contribution in [2.75, 3.05) is 5.32 Å². The number of anilines is 1. The number of nitrogens with one attached hydrogen (secondary N) is 1. The zero-order valence-electron chi connectivity index (χ0n) is 19.9. The average Bonchev–Trinajstić information content (AvgIpc) is 3.51. The summed E-state index contributed by atoms with van der Waals surface area (Å²) in [7, 11) is 0. The van der Waals surface area contributed by atoms with Gasteiger partial charge in [-0.1, -0.05) is 56.3 Å². The minimum absolute atomic E-state index is 0.248. The van der Waals surface area contributed by atoms with E-state index < -0.39 is 0 Å². The van der Waals surface area contributed by atoms with Gasteiger partial charge in [-0.25, -0.2) is 4.98 Å². The van der Waals surface area contributed by atoms with Gasteiger partial charge in [0.05, 0.1) is 0 Å². The maximum Gasteiger partial charge on any atom is 0.248 e. The molecule has 1 amide bonds. The number of benzene rings is 3. The molecule has 1 N–H and O–H groups in total. The number of oxazole rings is 1. The number of rotatable bonds is 6. The van der Waals surface area contributed by atoms with E-state index >= 15 is 0 Å². The van der Waals surface area contributed by atoms with Crippen LogP contribution in [-0.4, -0.2) is 10.9 Å². The predicted octanol–water partition coefficient (Wildman–Crippen LogP) is 7.84. The van der Waals surface area contributed by atoms with Crippen LogP contribution < -0.4 is 5.32 Å². The minimum Gasteiger partial charge on any atom is -0.457 e. The number of fused-ring (bicyclic) bond motifs is 1. The van der Waals surface area contributed by atoms with Crippen LogP contribution in [0, 0.1) is 6.92 Å². The third kappa shape index (κ3) is 4.94. The first-order valence-corrected chi connectivity index (χ1v) is 11.6. The molecule has 0 saturated heterocycles. The Morgan fingerprint density at radius 3 is 2.54 bits per heavy atom. The van der Waals surface area contributed by atoms with E-state index in [-0.39, 0.29) is 5.91 Å². The fourth-order valence-corrected chi connectivity index (χ4v) is 3.85. The summed E-state index contributed by atoms with van der Waals surface area (Å²) in [6.07, 6.45) is 3.13. The molecule has 5 aromatic rings. The van der Waals surface area contributed by atoms with Gasteiger partial charge >= 0.3 is 0 Å². The van der Waals surface area contributed by atoms with Crippen LogP contribution in [-0.2, 0) is 4.79 Å². The zero-order chi connectivity index (χ0) is 24.4. The molecule has 2 aromatic heterocycles. The van der Waals surface area contributed by atoms with Crippen LogP contribution in [0.2, 0.25) is 0 Å². The molecule has 5 nitrogen and oxygen atoms in total. The number of carbonyl (C=O) groups excluding carboxylic acids is 1. The Balaban J connectivity index is 1.32. The Bertz CT molecular complexity index is 1520. The summed E-state index contributed by atoms with van der Waals surface area (Å²) in [5.41, 5.74) is 6.22. The molecular formula is C30H26N2O3. The lowest BCUT2D eigenvalue weighted by atomic mass is 10.0. The van der Waals surface area contributed by atoms with E-state index in [1.165, 1.54) is 11.6 Å². The molecule has 0 spiro atoms. The van der Waals surface area contributed by atoms with Crippen LogP contribution in [0.5, 0.6) is 0 Å². The number of carbonyl (C=O) groups is 1. The molecular weight excluding hydrogens is 436 g/mol. The van der Waals surface area contributed by atoms with E-state index in [2.05, 4.69) is 36.3 Å². The summed E-state index contributed by atoms with van der Waals surface area (Å²) in [5.74, 6) is 2.06. The molecule has 35 heavy (non-hydrogen) atoms. The van der Waals surface area contributed by atoms with Crippen molar-refractivity contribution in [3.05, 3.63) is 102 Å². The molecule has 0 unspecified atom stereocenters. The minimum atomic E-state index is -0.248. The highest BCUT2D eigenvalue weighted by molar-refractivity contribution is 6.02. The van der Waals surface area contributed by atoms with E-state index in [1.807, 2.05) is 73.7 Å². The van der Waals surface area contributed by atoms with Crippen molar-refractivity contribution in [1.29, 1.82) is 0 Å². The molecule has 5 rings (SSSR count). The number of nitrogens with zero attached hydrogens (tertiary/aromatic N) is 1.